The molecule has 7 N–H and O–H groups in total. The minimum Gasteiger partial charge on any atom is -0.366 e. The van der Waals surface area contributed by atoms with Crippen molar-refractivity contribution in [3.05, 3.63) is 35.6 Å². The zero-order valence-corrected chi connectivity index (χ0v) is 9.58. The molecule has 0 fully saturated rings. The van der Waals surface area contributed by atoms with Crippen molar-refractivity contribution in [3.8, 4) is 0 Å². The van der Waals surface area contributed by atoms with Crippen molar-refractivity contribution in [2.75, 3.05) is 0 Å². The first kappa shape index (κ1) is 14.5. The average molecular weight is 257 g/mol. The summed E-state index contributed by atoms with van der Waals surface area (Å²) in [6.45, 7) is 0. The Morgan fingerprint density at radius 2 is 1.83 bits per heavy atom. The Hall–Kier alpha value is -1.54. The van der Waals surface area contributed by atoms with Crippen molar-refractivity contribution >= 4 is 5.91 Å². The van der Waals surface area contributed by atoms with Crippen LogP contribution in [0.1, 0.15) is 5.56 Å². The minimum absolute atomic E-state index is 0.121. The van der Waals surface area contributed by atoms with E-state index in [0.29, 0.717) is 5.56 Å². The summed E-state index contributed by atoms with van der Waals surface area (Å²) < 4.78 is 12.7. The standard InChI is InChI=1S/C11H16FN3O3/c12-7-3-1-6(2-4-7)5-8(11(17)18)15-10(16)9(13)14/h1-4,8-9,11,17-18H,5,13-14H2,(H,15,16). The number of carbonyl (C=O) groups excluding carboxylic acids is 1. The van der Waals surface area contributed by atoms with Gasteiger partial charge >= 0.3 is 0 Å². The Morgan fingerprint density at radius 3 is 2.28 bits per heavy atom. The molecule has 1 atom stereocenters. The molecule has 0 bridgehead atoms. The highest BCUT2D eigenvalue weighted by atomic mass is 19.1. The molecular weight excluding hydrogens is 241 g/mol. The van der Waals surface area contributed by atoms with E-state index >= 15 is 0 Å². The van der Waals surface area contributed by atoms with Crippen LogP contribution in [0.3, 0.4) is 0 Å². The molecule has 0 heterocycles. The quantitative estimate of drug-likeness (QED) is 0.407. The van der Waals surface area contributed by atoms with Gasteiger partial charge in [-0.1, -0.05) is 12.1 Å². The number of hydrogen-bond donors (Lipinski definition) is 5. The van der Waals surface area contributed by atoms with Crippen molar-refractivity contribution < 1.29 is 19.4 Å². The number of amides is 1. The van der Waals surface area contributed by atoms with Gasteiger partial charge in [-0.2, -0.15) is 0 Å². The van der Waals surface area contributed by atoms with E-state index in [4.69, 9.17) is 21.7 Å². The van der Waals surface area contributed by atoms with Crippen molar-refractivity contribution in [2.24, 2.45) is 11.5 Å². The molecule has 0 aromatic heterocycles. The molecule has 0 saturated heterocycles. The number of benzene rings is 1. The molecule has 1 aromatic carbocycles. The zero-order chi connectivity index (χ0) is 13.7. The van der Waals surface area contributed by atoms with Crippen LogP contribution in [0.15, 0.2) is 24.3 Å². The van der Waals surface area contributed by atoms with Gasteiger partial charge < -0.3 is 27.0 Å². The highest BCUT2D eigenvalue weighted by Gasteiger charge is 2.21. The first-order valence-electron chi connectivity index (χ1n) is 5.32. The predicted octanol–water partition coefficient (Wildman–Crippen LogP) is -1.59. The van der Waals surface area contributed by atoms with Gasteiger partial charge in [-0.3, -0.25) is 4.79 Å². The number of nitrogens with two attached hydrogens (primary N) is 2. The van der Waals surface area contributed by atoms with Crippen molar-refractivity contribution in [1.82, 2.24) is 5.32 Å². The summed E-state index contributed by atoms with van der Waals surface area (Å²) in [6, 6.07) is 4.50. The van der Waals surface area contributed by atoms with Crippen LogP contribution in [0.25, 0.3) is 0 Å². The lowest BCUT2D eigenvalue weighted by Crippen LogP contribution is -2.53. The third-order valence-corrected chi connectivity index (χ3v) is 2.36. The molecule has 1 amide bonds. The molecule has 0 saturated carbocycles. The second kappa shape index (κ2) is 6.41. The van der Waals surface area contributed by atoms with Gasteiger partial charge in [-0.15, -0.1) is 0 Å². The van der Waals surface area contributed by atoms with Gasteiger partial charge in [0.15, 0.2) is 6.29 Å². The highest BCUT2D eigenvalue weighted by Crippen LogP contribution is 2.07. The Labute approximate surface area is 103 Å². The zero-order valence-electron chi connectivity index (χ0n) is 9.58. The van der Waals surface area contributed by atoms with E-state index in [1.807, 2.05) is 0 Å². The van der Waals surface area contributed by atoms with Crippen LogP contribution < -0.4 is 16.8 Å². The number of nitrogens with one attached hydrogen (secondary N) is 1. The fourth-order valence-corrected chi connectivity index (χ4v) is 1.38. The number of carbonyl (C=O) groups is 1. The maximum Gasteiger partial charge on any atom is 0.251 e. The molecule has 1 aromatic rings. The monoisotopic (exact) mass is 257 g/mol. The summed E-state index contributed by atoms with van der Waals surface area (Å²) in [5.41, 5.74) is 10.9. The summed E-state index contributed by atoms with van der Waals surface area (Å²) in [7, 11) is 0. The lowest BCUT2D eigenvalue weighted by molar-refractivity contribution is -0.127. The Bertz CT molecular complexity index is 395. The Balaban J connectivity index is 2.68. The minimum atomic E-state index is -1.77. The number of aliphatic hydroxyl groups excluding tert-OH is 1. The fourth-order valence-electron chi connectivity index (χ4n) is 1.38. The van der Waals surface area contributed by atoms with Crippen LogP contribution in [0.2, 0.25) is 0 Å². The summed E-state index contributed by atoms with van der Waals surface area (Å²) in [4.78, 5) is 11.3. The van der Waals surface area contributed by atoms with Gasteiger partial charge in [-0.25, -0.2) is 4.39 Å². The lowest BCUT2D eigenvalue weighted by Gasteiger charge is -2.21. The normalized spacial score (nSPS) is 12.8. The van der Waals surface area contributed by atoms with Crippen LogP contribution in [0.5, 0.6) is 0 Å². The second-order valence-corrected chi connectivity index (χ2v) is 3.89. The molecule has 7 heteroatoms. The molecule has 0 radical (unpaired) electrons. The number of hydrogen-bond acceptors (Lipinski definition) is 5. The number of rotatable bonds is 5. The summed E-state index contributed by atoms with van der Waals surface area (Å²) in [5, 5.41) is 20.6. The molecule has 6 nitrogen and oxygen atoms in total. The van der Waals surface area contributed by atoms with Gasteiger partial charge in [0.1, 0.15) is 12.0 Å². The van der Waals surface area contributed by atoms with Crippen molar-refractivity contribution in [2.45, 2.75) is 24.9 Å². The van der Waals surface area contributed by atoms with E-state index < -0.39 is 30.2 Å². The fraction of sp³-hybridized carbons (Fsp3) is 0.364. The number of halogens is 1. The first-order chi connectivity index (χ1) is 8.40. The van der Waals surface area contributed by atoms with E-state index in [0.717, 1.165) is 0 Å². The van der Waals surface area contributed by atoms with Gasteiger partial charge in [0.2, 0.25) is 0 Å². The van der Waals surface area contributed by atoms with Gasteiger partial charge in [-0.05, 0) is 24.1 Å². The van der Waals surface area contributed by atoms with E-state index in [-0.39, 0.29) is 6.42 Å². The summed E-state index contributed by atoms with van der Waals surface area (Å²) in [5.74, 6) is -1.09. The van der Waals surface area contributed by atoms with Crippen molar-refractivity contribution in [3.63, 3.8) is 0 Å². The smallest absolute Gasteiger partial charge is 0.251 e. The van der Waals surface area contributed by atoms with Gasteiger partial charge in [0, 0.05) is 0 Å². The van der Waals surface area contributed by atoms with E-state index in [9.17, 15) is 9.18 Å². The molecule has 0 aliphatic carbocycles. The Morgan fingerprint density at radius 1 is 1.28 bits per heavy atom. The van der Waals surface area contributed by atoms with Gasteiger partial charge in [0.25, 0.3) is 5.91 Å². The number of aliphatic hydroxyl groups is 2. The topological polar surface area (TPSA) is 122 Å². The van der Waals surface area contributed by atoms with Crippen molar-refractivity contribution in [1.29, 1.82) is 0 Å². The maximum absolute atomic E-state index is 12.7. The van der Waals surface area contributed by atoms with Gasteiger partial charge in [0.05, 0.1) is 6.04 Å². The second-order valence-electron chi connectivity index (χ2n) is 3.89. The highest BCUT2D eigenvalue weighted by molar-refractivity contribution is 5.81. The van der Waals surface area contributed by atoms with E-state index in [2.05, 4.69) is 5.32 Å². The van der Waals surface area contributed by atoms with Crippen LogP contribution in [-0.4, -0.2) is 34.6 Å². The maximum atomic E-state index is 12.7. The molecular formula is C11H16FN3O3. The third kappa shape index (κ3) is 4.38. The van der Waals surface area contributed by atoms with Crippen LogP contribution >= 0.6 is 0 Å². The largest absolute Gasteiger partial charge is 0.366 e. The Kier molecular flexibility index (Phi) is 5.17. The molecule has 100 valence electrons. The molecule has 1 unspecified atom stereocenters. The van der Waals surface area contributed by atoms with Crippen LogP contribution in [0.4, 0.5) is 4.39 Å². The third-order valence-electron chi connectivity index (χ3n) is 2.36. The summed E-state index contributed by atoms with van der Waals surface area (Å²) in [6.07, 6.45) is -2.88. The first-order valence-corrected chi connectivity index (χ1v) is 5.32. The predicted molar refractivity (Wildman–Crippen MR) is 62.4 cm³/mol. The van der Waals surface area contributed by atoms with E-state index in [1.54, 1.807) is 0 Å². The SMILES string of the molecule is NC(N)C(=O)NC(Cc1ccc(F)cc1)C(O)O. The van der Waals surface area contributed by atoms with Crippen LogP contribution in [-0.2, 0) is 11.2 Å². The molecule has 0 spiro atoms. The molecule has 0 aliphatic rings. The molecule has 1 rings (SSSR count). The molecule has 0 aliphatic heterocycles. The molecule has 18 heavy (non-hydrogen) atoms. The lowest BCUT2D eigenvalue weighted by atomic mass is 10.1. The van der Waals surface area contributed by atoms with Crippen LogP contribution in [0, 0.1) is 5.82 Å². The average Bonchev–Trinajstić information content (AvgIpc) is 2.30. The summed E-state index contributed by atoms with van der Waals surface area (Å²) >= 11 is 0. The van der Waals surface area contributed by atoms with E-state index in [1.165, 1.54) is 24.3 Å².